The summed E-state index contributed by atoms with van der Waals surface area (Å²) in [5.41, 5.74) is 10.3. The highest BCUT2D eigenvalue weighted by Crippen LogP contribution is 2.26. The predicted molar refractivity (Wildman–Crippen MR) is 67.3 cm³/mol. The van der Waals surface area contributed by atoms with Gasteiger partial charge < -0.3 is 5.73 Å². The Morgan fingerprint density at radius 3 is 2.56 bits per heavy atom. The van der Waals surface area contributed by atoms with E-state index in [0.717, 1.165) is 5.69 Å². The van der Waals surface area contributed by atoms with Crippen LogP contribution in [-0.4, -0.2) is 10.2 Å². The number of anilines is 1. The minimum absolute atomic E-state index is 0.527. The van der Waals surface area contributed by atoms with Gasteiger partial charge in [0.25, 0.3) is 0 Å². The van der Waals surface area contributed by atoms with Gasteiger partial charge in [-0.05, 0) is 30.0 Å². The summed E-state index contributed by atoms with van der Waals surface area (Å²) in [5, 5.41) is 6.92. The van der Waals surface area contributed by atoms with E-state index in [1.807, 2.05) is 6.07 Å². The maximum atomic E-state index is 5.62. The van der Waals surface area contributed by atoms with Gasteiger partial charge in [-0.3, -0.25) is 5.10 Å². The summed E-state index contributed by atoms with van der Waals surface area (Å²) in [5.74, 6) is 1.06. The number of benzene rings is 1. The molecule has 0 atom stereocenters. The first-order valence-corrected chi connectivity index (χ1v) is 5.49. The Morgan fingerprint density at radius 1 is 1.25 bits per heavy atom. The maximum absolute atomic E-state index is 5.62. The Labute approximate surface area is 95.7 Å². The van der Waals surface area contributed by atoms with Gasteiger partial charge in [-0.15, -0.1) is 0 Å². The van der Waals surface area contributed by atoms with E-state index in [-0.39, 0.29) is 0 Å². The number of aryl methyl sites for hydroxylation is 1. The second-order valence-corrected chi connectivity index (χ2v) is 4.44. The summed E-state index contributed by atoms with van der Waals surface area (Å²) in [6.45, 7) is 6.47. The highest BCUT2D eigenvalue weighted by molar-refractivity contribution is 5.66. The smallest absolute Gasteiger partial charge is 0.145 e. The highest BCUT2D eigenvalue weighted by atomic mass is 15.2. The molecule has 0 saturated carbocycles. The number of H-pyrrole nitrogens is 1. The van der Waals surface area contributed by atoms with Crippen molar-refractivity contribution in [3.05, 3.63) is 35.4 Å². The van der Waals surface area contributed by atoms with Crippen LogP contribution in [0.2, 0.25) is 0 Å². The fourth-order valence-electron chi connectivity index (χ4n) is 1.76. The zero-order valence-electron chi connectivity index (χ0n) is 9.91. The number of nitrogens with one attached hydrogen (secondary N) is 1. The van der Waals surface area contributed by atoms with Crippen molar-refractivity contribution in [1.29, 1.82) is 0 Å². The van der Waals surface area contributed by atoms with Crippen LogP contribution < -0.4 is 5.73 Å². The van der Waals surface area contributed by atoms with Crippen molar-refractivity contribution >= 4 is 5.82 Å². The van der Waals surface area contributed by atoms with Gasteiger partial charge in [0.1, 0.15) is 5.82 Å². The second-order valence-electron chi connectivity index (χ2n) is 4.44. The quantitative estimate of drug-likeness (QED) is 0.808. The van der Waals surface area contributed by atoms with E-state index >= 15 is 0 Å². The molecule has 0 aliphatic carbocycles. The standard InChI is InChI=1S/C13H17N3/c1-8(2)10-5-4-9(3)11(6-10)12-7-13(14)16-15-12/h4-8H,1-3H3,(H3,14,15,16). The third-order valence-corrected chi connectivity index (χ3v) is 2.82. The largest absolute Gasteiger partial charge is 0.382 e. The van der Waals surface area contributed by atoms with E-state index in [4.69, 9.17) is 5.73 Å². The zero-order valence-corrected chi connectivity index (χ0v) is 9.91. The average molecular weight is 215 g/mol. The number of aromatic amines is 1. The normalized spacial score (nSPS) is 11.0. The van der Waals surface area contributed by atoms with Gasteiger partial charge in [0.2, 0.25) is 0 Å². The summed E-state index contributed by atoms with van der Waals surface area (Å²) in [6.07, 6.45) is 0. The molecule has 3 N–H and O–H groups in total. The molecular weight excluding hydrogens is 198 g/mol. The molecule has 0 fully saturated rings. The van der Waals surface area contributed by atoms with Crippen LogP contribution in [0.25, 0.3) is 11.3 Å². The molecule has 0 aliphatic rings. The molecule has 3 heteroatoms. The Hall–Kier alpha value is -1.77. The lowest BCUT2D eigenvalue weighted by Gasteiger charge is -2.09. The van der Waals surface area contributed by atoms with Crippen molar-refractivity contribution in [1.82, 2.24) is 10.2 Å². The van der Waals surface area contributed by atoms with Gasteiger partial charge in [-0.1, -0.05) is 26.0 Å². The molecule has 0 unspecified atom stereocenters. The van der Waals surface area contributed by atoms with Crippen LogP contribution in [0.1, 0.15) is 30.9 Å². The van der Waals surface area contributed by atoms with Crippen LogP contribution in [0.15, 0.2) is 24.3 Å². The number of hydrogen-bond acceptors (Lipinski definition) is 2. The molecule has 2 aromatic rings. The second kappa shape index (κ2) is 4.00. The number of aromatic nitrogens is 2. The summed E-state index contributed by atoms with van der Waals surface area (Å²) in [7, 11) is 0. The number of nitrogens with zero attached hydrogens (tertiary/aromatic N) is 1. The SMILES string of the molecule is Cc1ccc(C(C)C)cc1-c1cc(N)n[nH]1. The van der Waals surface area contributed by atoms with Gasteiger partial charge in [0.15, 0.2) is 0 Å². The monoisotopic (exact) mass is 215 g/mol. The molecular formula is C13H17N3. The van der Waals surface area contributed by atoms with Crippen molar-refractivity contribution in [3.8, 4) is 11.3 Å². The maximum Gasteiger partial charge on any atom is 0.145 e. The van der Waals surface area contributed by atoms with Crippen LogP contribution in [0.3, 0.4) is 0 Å². The summed E-state index contributed by atoms with van der Waals surface area (Å²) in [4.78, 5) is 0. The van der Waals surface area contributed by atoms with E-state index in [2.05, 4.69) is 49.2 Å². The topological polar surface area (TPSA) is 54.7 Å². The van der Waals surface area contributed by atoms with E-state index in [1.54, 1.807) is 0 Å². The molecule has 1 heterocycles. The number of hydrogen-bond donors (Lipinski definition) is 2. The number of nitrogen functional groups attached to an aromatic ring is 1. The first-order valence-electron chi connectivity index (χ1n) is 5.49. The lowest BCUT2D eigenvalue weighted by molar-refractivity contribution is 0.866. The van der Waals surface area contributed by atoms with Crippen molar-refractivity contribution in [3.63, 3.8) is 0 Å². The molecule has 0 saturated heterocycles. The summed E-state index contributed by atoms with van der Waals surface area (Å²) in [6, 6.07) is 8.38. The fourth-order valence-corrected chi connectivity index (χ4v) is 1.76. The number of nitrogens with two attached hydrogens (primary N) is 1. The molecule has 0 spiro atoms. The van der Waals surface area contributed by atoms with Crippen LogP contribution >= 0.6 is 0 Å². The van der Waals surface area contributed by atoms with Crippen molar-refractivity contribution in [2.75, 3.05) is 5.73 Å². The van der Waals surface area contributed by atoms with E-state index in [0.29, 0.717) is 11.7 Å². The molecule has 3 nitrogen and oxygen atoms in total. The minimum atomic E-state index is 0.527. The lowest BCUT2D eigenvalue weighted by atomic mass is 9.96. The van der Waals surface area contributed by atoms with E-state index in [9.17, 15) is 0 Å². The van der Waals surface area contributed by atoms with Crippen molar-refractivity contribution in [2.45, 2.75) is 26.7 Å². The molecule has 0 aliphatic heterocycles. The van der Waals surface area contributed by atoms with E-state index < -0.39 is 0 Å². The molecule has 2 rings (SSSR count). The first kappa shape index (κ1) is 10.7. The third kappa shape index (κ3) is 1.94. The Bertz CT molecular complexity index is 498. The highest BCUT2D eigenvalue weighted by Gasteiger charge is 2.07. The van der Waals surface area contributed by atoms with Gasteiger partial charge in [-0.2, -0.15) is 5.10 Å². The van der Waals surface area contributed by atoms with Crippen LogP contribution in [0.4, 0.5) is 5.82 Å². The van der Waals surface area contributed by atoms with Crippen LogP contribution in [0, 0.1) is 6.92 Å². The van der Waals surface area contributed by atoms with Crippen molar-refractivity contribution < 1.29 is 0 Å². The van der Waals surface area contributed by atoms with Gasteiger partial charge in [0, 0.05) is 11.6 Å². The molecule has 0 bridgehead atoms. The zero-order chi connectivity index (χ0) is 11.7. The molecule has 0 amide bonds. The predicted octanol–water partition coefficient (Wildman–Crippen LogP) is 3.09. The number of rotatable bonds is 2. The molecule has 16 heavy (non-hydrogen) atoms. The molecule has 84 valence electrons. The third-order valence-electron chi connectivity index (χ3n) is 2.82. The van der Waals surface area contributed by atoms with Crippen LogP contribution in [0.5, 0.6) is 0 Å². The lowest BCUT2D eigenvalue weighted by Crippen LogP contribution is -1.91. The molecule has 1 aromatic carbocycles. The first-order chi connectivity index (χ1) is 7.58. The van der Waals surface area contributed by atoms with Gasteiger partial charge in [-0.25, -0.2) is 0 Å². The summed E-state index contributed by atoms with van der Waals surface area (Å²) >= 11 is 0. The average Bonchev–Trinajstić information content (AvgIpc) is 2.65. The summed E-state index contributed by atoms with van der Waals surface area (Å²) < 4.78 is 0. The van der Waals surface area contributed by atoms with Gasteiger partial charge >= 0.3 is 0 Å². The Morgan fingerprint density at radius 2 is 2.00 bits per heavy atom. The molecule has 1 aromatic heterocycles. The Balaban J connectivity index is 2.51. The van der Waals surface area contributed by atoms with E-state index in [1.165, 1.54) is 16.7 Å². The molecule has 0 radical (unpaired) electrons. The minimum Gasteiger partial charge on any atom is -0.382 e. The Kier molecular flexibility index (Phi) is 2.69. The van der Waals surface area contributed by atoms with Crippen molar-refractivity contribution in [2.24, 2.45) is 0 Å². The van der Waals surface area contributed by atoms with Crippen LogP contribution in [-0.2, 0) is 0 Å². The fraction of sp³-hybridized carbons (Fsp3) is 0.308. The van der Waals surface area contributed by atoms with Gasteiger partial charge in [0.05, 0.1) is 5.69 Å².